The van der Waals surface area contributed by atoms with E-state index in [2.05, 4.69) is 21.7 Å². The molecule has 1 aliphatic rings. The Morgan fingerprint density at radius 2 is 2.60 bits per heavy atom. The maximum atomic E-state index is 5.85. The highest BCUT2D eigenvalue weighted by Crippen LogP contribution is 2.13. The lowest BCUT2D eigenvalue weighted by Crippen LogP contribution is -2.49. The number of nitrogens with two attached hydrogens (primary N) is 1. The van der Waals surface area contributed by atoms with Gasteiger partial charge in [-0.05, 0) is 29.3 Å². The Kier molecular flexibility index (Phi) is 3.75. The number of rotatable bonds is 3. The molecule has 0 aliphatic carbocycles. The molecule has 2 heterocycles. The molecule has 2 unspecified atom stereocenters. The zero-order chi connectivity index (χ0) is 10.7. The molecular formula is C11H18N2OS. The summed E-state index contributed by atoms with van der Waals surface area (Å²) in [6, 6.07) is 2.30. The Morgan fingerprint density at radius 1 is 1.73 bits per heavy atom. The van der Waals surface area contributed by atoms with E-state index in [4.69, 9.17) is 10.5 Å². The fraction of sp³-hybridized carbons (Fsp3) is 0.636. The quantitative estimate of drug-likeness (QED) is 0.844. The van der Waals surface area contributed by atoms with Crippen molar-refractivity contribution in [3.63, 3.8) is 0 Å². The van der Waals surface area contributed by atoms with E-state index in [0.717, 1.165) is 26.2 Å². The summed E-state index contributed by atoms with van der Waals surface area (Å²) in [5.41, 5.74) is 7.25. The van der Waals surface area contributed by atoms with Crippen molar-refractivity contribution in [1.82, 2.24) is 4.90 Å². The molecule has 0 spiro atoms. The van der Waals surface area contributed by atoms with Crippen LogP contribution in [0.5, 0.6) is 0 Å². The van der Waals surface area contributed by atoms with Crippen LogP contribution in [-0.4, -0.2) is 36.7 Å². The van der Waals surface area contributed by atoms with Gasteiger partial charge in [-0.15, -0.1) is 0 Å². The zero-order valence-corrected chi connectivity index (χ0v) is 9.87. The van der Waals surface area contributed by atoms with Gasteiger partial charge >= 0.3 is 0 Å². The molecule has 1 aromatic heterocycles. The summed E-state index contributed by atoms with van der Waals surface area (Å²) >= 11 is 1.75. The van der Waals surface area contributed by atoms with Gasteiger partial charge in [0.05, 0.1) is 12.7 Å². The minimum absolute atomic E-state index is 0.121. The third-order valence-electron chi connectivity index (χ3n) is 2.75. The second kappa shape index (κ2) is 5.07. The monoisotopic (exact) mass is 226 g/mol. The van der Waals surface area contributed by atoms with Crippen molar-refractivity contribution in [3.05, 3.63) is 22.4 Å². The van der Waals surface area contributed by atoms with Gasteiger partial charge in [-0.3, -0.25) is 4.90 Å². The van der Waals surface area contributed by atoms with Crippen LogP contribution in [0.15, 0.2) is 16.8 Å². The highest BCUT2D eigenvalue weighted by molar-refractivity contribution is 7.07. The second-order valence-electron chi connectivity index (χ2n) is 4.14. The molecule has 15 heavy (non-hydrogen) atoms. The fourth-order valence-electron chi connectivity index (χ4n) is 1.83. The van der Waals surface area contributed by atoms with E-state index >= 15 is 0 Å². The number of nitrogens with zero attached hydrogens (tertiary/aromatic N) is 1. The standard InChI is InChI=1S/C11H18N2OS/c1-9(12)11-7-13(3-4-14-11)6-10-2-5-15-8-10/h2,5,8-9,11H,3-4,6-7,12H2,1H3. The van der Waals surface area contributed by atoms with Crippen LogP contribution < -0.4 is 5.73 Å². The SMILES string of the molecule is CC(N)C1CN(Cc2ccsc2)CCO1. The van der Waals surface area contributed by atoms with Crippen LogP contribution in [0.4, 0.5) is 0 Å². The number of morpholine rings is 1. The van der Waals surface area contributed by atoms with Gasteiger partial charge in [0.25, 0.3) is 0 Å². The van der Waals surface area contributed by atoms with E-state index < -0.39 is 0 Å². The molecule has 0 saturated carbocycles. The van der Waals surface area contributed by atoms with E-state index in [1.54, 1.807) is 11.3 Å². The molecule has 0 bridgehead atoms. The molecule has 2 atom stereocenters. The lowest BCUT2D eigenvalue weighted by Gasteiger charge is -2.34. The van der Waals surface area contributed by atoms with Crippen LogP contribution in [-0.2, 0) is 11.3 Å². The Labute approximate surface area is 94.8 Å². The molecule has 0 radical (unpaired) electrons. The second-order valence-corrected chi connectivity index (χ2v) is 4.92. The van der Waals surface area contributed by atoms with Crippen LogP contribution in [0.25, 0.3) is 0 Å². The Morgan fingerprint density at radius 3 is 3.27 bits per heavy atom. The average Bonchev–Trinajstić information content (AvgIpc) is 2.71. The molecule has 1 aromatic rings. The van der Waals surface area contributed by atoms with Gasteiger partial charge in [-0.1, -0.05) is 0 Å². The average molecular weight is 226 g/mol. The molecule has 3 nitrogen and oxygen atoms in total. The van der Waals surface area contributed by atoms with Gasteiger partial charge in [0, 0.05) is 25.7 Å². The van der Waals surface area contributed by atoms with E-state index in [0.29, 0.717) is 0 Å². The molecule has 1 fully saturated rings. The molecule has 84 valence electrons. The van der Waals surface area contributed by atoms with Gasteiger partial charge in [-0.25, -0.2) is 0 Å². The fourth-order valence-corrected chi connectivity index (χ4v) is 2.49. The van der Waals surface area contributed by atoms with Gasteiger partial charge in [-0.2, -0.15) is 11.3 Å². The predicted octanol–water partition coefficient (Wildman–Crippen LogP) is 1.30. The summed E-state index contributed by atoms with van der Waals surface area (Å²) in [7, 11) is 0. The Hall–Kier alpha value is -0.420. The molecule has 1 saturated heterocycles. The smallest absolute Gasteiger partial charge is 0.0850 e. The largest absolute Gasteiger partial charge is 0.374 e. The lowest BCUT2D eigenvalue weighted by molar-refractivity contribution is -0.0403. The normalized spacial score (nSPS) is 25.3. The first-order chi connectivity index (χ1) is 7.25. The molecule has 2 N–H and O–H groups in total. The van der Waals surface area contributed by atoms with E-state index in [1.165, 1.54) is 5.56 Å². The van der Waals surface area contributed by atoms with Crippen molar-refractivity contribution < 1.29 is 4.74 Å². The van der Waals surface area contributed by atoms with Gasteiger partial charge in [0.1, 0.15) is 0 Å². The van der Waals surface area contributed by atoms with Crippen LogP contribution in [0.1, 0.15) is 12.5 Å². The maximum absolute atomic E-state index is 5.85. The first-order valence-electron chi connectivity index (χ1n) is 5.36. The van der Waals surface area contributed by atoms with Gasteiger partial charge in [0.2, 0.25) is 0 Å². The minimum Gasteiger partial charge on any atom is -0.374 e. The summed E-state index contributed by atoms with van der Waals surface area (Å²) in [6.45, 7) is 5.80. The summed E-state index contributed by atoms with van der Waals surface area (Å²) < 4.78 is 5.62. The van der Waals surface area contributed by atoms with Crippen molar-refractivity contribution in [2.45, 2.75) is 25.6 Å². The third kappa shape index (κ3) is 3.01. The Bertz CT molecular complexity index is 287. The summed E-state index contributed by atoms with van der Waals surface area (Å²) in [5.74, 6) is 0. The molecule has 4 heteroatoms. The number of thiophene rings is 1. The van der Waals surface area contributed by atoms with E-state index in [1.807, 2.05) is 6.92 Å². The maximum Gasteiger partial charge on any atom is 0.0850 e. The number of hydrogen-bond donors (Lipinski definition) is 1. The Balaban J connectivity index is 1.88. The molecular weight excluding hydrogens is 208 g/mol. The highest BCUT2D eigenvalue weighted by Gasteiger charge is 2.23. The van der Waals surface area contributed by atoms with Crippen molar-refractivity contribution in [2.75, 3.05) is 19.7 Å². The highest BCUT2D eigenvalue weighted by atomic mass is 32.1. The number of hydrogen-bond acceptors (Lipinski definition) is 4. The summed E-state index contributed by atoms with van der Waals surface area (Å²) in [6.07, 6.45) is 0.192. The summed E-state index contributed by atoms with van der Waals surface area (Å²) in [4.78, 5) is 2.42. The van der Waals surface area contributed by atoms with Crippen LogP contribution in [0, 0.1) is 0 Å². The first kappa shape index (κ1) is 11.1. The van der Waals surface area contributed by atoms with Crippen molar-refractivity contribution in [2.24, 2.45) is 5.73 Å². The first-order valence-corrected chi connectivity index (χ1v) is 6.30. The molecule has 0 aromatic carbocycles. The van der Waals surface area contributed by atoms with Crippen molar-refractivity contribution in [3.8, 4) is 0 Å². The number of ether oxygens (including phenoxy) is 1. The molecule has 2 rings (SSSR count). The van der Waals surface area contributed by atoms with E-state index in [9.17, 15) is 0 Å². The van der Waals surface area contributed by atoms with Crippen LogP contribution >= 0.6 is 11.3 Å². The van der Waals surface area contributed by atoms with Gasteiger partial charge < -0.3 is 10.5 Å². The minimum atomic E-state index is 0.121. The van der Waals surface area contributed by atoms with Gasteiger partial charge in [0.15, 0.2) is 0 Å². The molecule has 0 amide bonds. The third-order valence-corrected chi connectivity index (χ3v) is 3.48. The van der Waals surface area contributed by atoms with Crippen molar-refractivity contribution >= 4 is 11.3 Å². The lowest BCUT2D eigenvalue weighted by atomic mass is 10.1. The van der Waals surface area contributed by atoms with Crippen LogP contribution in [0.3, 0.4) is 0 Å². The van der Waals surface area contributed by atoms with E-state index in [-0.39, 0.29) is 12.1 Å². The predicted molar refractivity (Wildman–Crippen MR) is 63.0 cm³/mol. The molecule has 1 aliphatic heterocycles. The van der Waals surface area contributed by atoms with Crippen molar-refractivity contribution in [1.29, 1.82) is 0 Å². The zero-order valence-electron chi connectivity index (χ0n) is 9.06. The topological polar surface area (TPSA) is 38.5 Å². The summed E-state index contributed by atoms with van der Waals surface area (Å²) in [5, 5.41) is 4.33. The van der Waals surface area contributed by atoms with Crippen LogP contribution in [0.2, 0.25) is 0 Å².